The SMILES string of the molecule is C=C1CCC2C([C@H]3[C@@H]1CC[C@]3(C)O)C2(C)C. The van der Waals surface area contributed by atoms with E-state index in [1.54, 1.807) is 0 Å². The Kier molecular flexibility index (Phi) is 1.98. The first-order valence-corrected chi connectivity index (χ1v) is 6.76. The van der Waals surface area contributed by atoms with Gasteiger partial charge in [0.05, 0.1) is 5.60 Å². The second-order valence-electron chi connectivity index (χ2n) is 7.18. The van der Waals surface area contributed by atoms with Gasteiger partial charge in [-0.15, -0.1) is 0 Å². The summed E-state index contributed by atoms with van der Waals surface area (Å²) in [6, 6.07) is 0. The van der Waals surface area contributed by atoms with Gasteiger partial charge in [0.15, 0.2) is 0 Å². The lowest BCUT2D eigenvalue weighted by atomic mass is 9.78. The van der Waals surface area contributed by atoms with Crippen LogP contribution in [-0.2, 0) is 0 Å². The number of rotatable bonds is 0. The average molecular weight is 220 g/mol. The van der Waals surface area contributed by atoms with E-state index in [4.69, 9.17) is 0 Å². The van der Waals surface area contributed by atoms with E-state index in [2.05, 4.69) is 27.4 Å². The molecule has 0 aromatic rings. The molecule has 1 nitrogen and oxygen atoms in total. The molecule has 3 rings (SSSR count). The predicted octanol–water partition coefficient (Wildman–Crippen LogP) is 3.39. The fourth-order valence-electron chi connectivity index (χ4n) is 4.90. The highest BCUT2D eigenvalue weighted by Crippen LogP contribution is 2.71. The van der Waals surface area contributed by atoms with Crippen LogP contribution >= 0.6 is 0 Å². The molecule has 0 bridgehead atoms. The fraction of sp³-hybridized carbons (Fsp3) is 0.867. The van der Waals surface area contributed by atoms with Crippen LogP contribution in [0.1, 0.15) is 46.5 Å². The summed E-state index contributed by atoms with van der Waals surface area (Å²) in [6.07, 6.45) is 4.64. The molecule has 5 atom stereocenters. The summed E-state index contributed by atoms with van der Waals surface area (Å²) in [4.78, 5) is 0. The van der Waals surface area contributed by atoms with E-state index in [-0.39, 0.29) is 0 Å². The second kappa shape index (κ2) is 2.93. The third-order valence-electron chi connectivity index (χ3n) is 5.94. The Balaban J connectivity index is 1.98. The molecule has 0 aromatic carbocycles. The molecule has 2 unspecified atom stereocenters. The summed E-state index contributed by atoms with van der Waals surface area (Å²) in [5, 5.41) is 10.6. The molecule has 3 aliphatic carbocycles. The van der Waals surface area contributed by atoms with Crippen molar-refractivity contribution in [1.29, 1.82) is 0 Å². The van der Waals surface area contributed by atoms with Crippen LogP contribution in [0.5, 0.6) is 0 Å². The van der Waals surface area contributed by atoms with Gasteiger partial charge in [0.2, 0.25) is 0 Å². The molecule has 0 aliphatic heterocycles. The van der Waals surface area contributed by atoms with Gasteiger partial charge < -0.3 is 5.11 Å². The Hall–Kier alpha value is -0.300. The van der Waals surface area contributed by atoms with E-state index in [0.717, 1.165) is 24.7 Å². The van der Waals surface area contributed by atoms with Crippen molar-refractivity contribution in [3.05, 3.63) is 12.2 Å². The van der Waals surface area contributed by atoms with Gasteiger partial charge >= 0.3 is 0 Å². The van der Waals surface area contributed by atoms with Crippen LogP contribution in [0.4, 0.5) is 0 Å². The van der Waals surface area contributed by atoms with Crippen LogP contribution in [-0.4, -0.2) is 10.7 Å². The smallest absolute Gasteiger partial charge is 0.0656 e. The number of allylic oxidation sites excluding steroid dienone is 1. The Bertz CT molecular complexity index is 339. The van der Waals surface area contributed by atoms with Crippen molar-refractivity contribution < 1.29 is 5.11 Å². The van der Waals surface area contributed by atoms with E-state index in [1.807, 2.05) is 0 Å². The van der Waals surface area contributed by atoms with Gasteiger partial charge in [-0.25, -0.2) is 0 Å². The van der Waals surface area contributed by atoms with E-state index in [1.165, 1.54) is 18.4 Å². The van der Waals surface area contributed by atoms with Gasteiger partial charge in [-0.2, -0.15) is 0 Å². The van der Waals surface area contributed by atoms with Gasteiger partial charge in [-0.3, -0.25) is 0 Å². The summed E-state index contributed by atoms with van der Waals surface area (Å²) in [5.41, 5.74) is 1.46. The highest BCUT2D eigenvalue weighted by atomic mass is 16.3. The van der Waals surface area contributed by atoms with Gasteiger partial charge in [0, 0.05) is 0 Å². The molecule has 0 amide bonds. The lowest BCUT2D eigenvalue weighted by molar-refractivity contribution is -0.00137. The lowest BCUT2D eigenvalue weighted by Gasteiger charge is -2.31. The maximum Gasteiger partial charge on any atom is 0.0656 e. The third-order valence-corrected chi connectivity index (χ3v) is 5.94. The lowest BCUT2D eigenvalue weighted by Crippen LogP contribution is -2.34. The fourth-order valence-corrected chi connectivity index (χ4v) is 4.90. The first-order chi connectivity index (χ1) is 7.36. The van der Waals surface area contributed by atoms with Crippen molar-refractivity contribution in [3.8, 4) is 0 Å². The summed E-state index contributed by atoms with van der Waals surface area (Å²) < 4.78 is 0. The normalized spacial score (nSPS) is 54.1. The Labute approximate surface area is 98.9 Å². The van der Waals surface area contributed by atoms with Crippen LogP contribution in [0.15, 0.2) is 12.2 Å². The molecule has 3 aliphatic rings. The zero-order chi connectivity index (χ0) is 11.7. The number of hydrogen-bond acceptors (Lipinski definition) is 1. The van der Waals surface area contributed by atoms with Gasteiger partial charge in [-0.05, 0) is 61.7 Å². The molecule has 3 saturated carbocycles. The molecule has 0 saturated heterocycles. The molecule has 3 fully saturated rings. The molecule has 0 heterocycles. The molecule has 90 valence electrons. The minimum absolute atomic E-state index is 0.436. The zero-order valence-corrected chi connectivity index (χ0v) is 10.8. The molecule has 0 spiro atoms. The maximum absolute atomic E-state index is 10.6. The molecule has 0 aromatic heterocycles. The van der Waals surface area contributed by atoms with Crippen molar-refractivity contribution in [2.24, 2.45) is 29.1 Å². The minimum Gasteiger partial charge on any atom is -0.390 e. The van der Waals surface area contributed by atoms with Crippen molar-refractivity contribution >= 4 is 0 Å². The topological polar surface area (TPSA) is 20.2 Å². The largest absolute Gasteiger partial charge is 0.390 e. The Morgan fingerprint density at radius 2 is 1.88 bits per heavy atom. The van der Waals surface area contributed by atoms with Gasteiger partial charge in [-0.1, -0.05) is 26.0 Å². The Morgan fingerprint density at radius 3 is 2.56 bits per heavy atom. The van der Waals surface area contributed by atoms with Crippen molar-refractivity contribution in [1.82, 2.24) is 0 Å². The van der Waals surface area contributed by atoms with Gasteiger partial charge in [0.25, 0.3) is 0 Å². The highest BCUT2D eigenvalue weighted by Gasteiger charge is 2.67. The summed E-state index contributed by atoms with van der Waals surface area (Å²) in [6.45, 7) is 11.1. The quantitative estimate of drug-likeness (QED) is 0.620. The maximum atomic E-state index is 10.6. The van der Waals surface area contributed by atoms with E-state index >= 15 is 0 Å². The summed E-state index contributed by atoms with van der Waals surface area (Å²) >= 11 is 0. The van der Waals surface area contributed by atoms with Gasteiger partial charge in [0.1, 0.15) is 0 Å². The van der Waals surface area contributed by atoms with E-state index in [9.17, 15) is 5.11 Å². The van der Waals surface area contributed by atoms with Crippen LogP contribution in [0, 0.1) is 29.1 Å². The number of fused-ring (bicyclic) bond motifs is 3. The van der Waals surface area contributed by atoms with Crippen LogP contribution in [0.3, 0.4) is 0 Å². The van der Waals surface area contributed by atoms with Crippen molar-refractivity contribution in [2.75, 3.05) is 0 Å². The molecule has 1 heteroatoms. The van der Waals surface area contributed by atoms with E-state index < -0.39 is 5.60 Å². The number of hydrogen-bond donors (Lipinski definition) is 1. The average Bonchev–Trinajstić information content (AvgIpc) is 2.61. The van der Waals surface area contributed by atoms with Crippen LogP contribution in [0.25, 0.3) is 0 Å². The third kappa shape index (κ3) is 1.21. The second-order valence-corrected chi connectivity index (χ2v) is 7.18. The standard InChI is InChI=1S/C15H24O/c1-9-5-6-11-13(14(11,2)3)12-10(9)7-8-15(12,4)16/h10-13,16H,1,5-8H2,2-4H3/t10-,11?,12-,13?,15+/m1/s1. The first kappa shape index (κ1) is 10.8. The molecule has 16 heavy (non-hydrogen) atoms. The predicted molar refractivity (Wildman–Crippen MR) is 66.0 cm³/mol. The van der Waals surface area contributed by atoms with Crippen LogP contribution < -0.4 is 0 Å². The summed E-state index contributed by atoms with van der Waals surface area (Å²) in [7, 11) is 0. The first-order valence-electron chi connectivity index (χ1n) is 6.76. The summed E-state index contributed by atoms with van der Waals surface area (Å²) in [5.74, 6) is 2.67. The Morgan fingerprint density at radius 1 is 1.19 bits per heavy atom. The monoisotopic (exact) mass is 220 g/mol. The molecule has 1 N–H and O–H groups in total. The van der Waals surface area contributed by atoms with Crippen molar-refractivity contribution in [3.63, 3.8) is 0 Å². The highest BCUT2D eigenvalue weighted by molar-refractivity contribution is 5.22. The molecule has 0 radical (unpaired) electrons. The molecular weight excluding hydrogens is 196 g/mol. The minimum atomic E-state index is -0.436. The van der Waals surface area contributed by atoms with E-state index in [0.29, 0.717) is 17.3 Å². The van der Waals surface area contributed by atoms with Crippen LogP contribution in [0.2, 0.25) is 0 Å². The molecular formula is C15H24O. The zero-order valence-electron chi connectivity index (χ0n) is 10.8. The number of aliphatic hydroxyl groups is 1. The van der Waals surface area contributed by atoms with Crippen molar-refractivity contribution in [2.45, 2.75) is 52.1 Å².